The number of halogens is 3. The summed E-state index contributed by atoms with van der Waals surface area (Å²) < 4.78 is 38.9. The number of piperazine rings is 1. The van der Waals surface area contributed by atoms with Gasteiger partial charge >= 0.3 is 6.18 Å². The van der Waals surface area contributed by atoms with Crippen LogP contribution in [0.2, 0.25) is 0 Å². The van der Waals surface area contributed by atoms with E-state index in [2.05, 4.69) is 40.5 Å². The molecule has 3 heterocycles. The van der Waals surface area contributed by atoms with Gasteiger partial charge in [0.15, 0.2) is 0 Å². The maximum atomic E-state index is 13.5. The van der Waals surface area contributed by atoms with Crippen LogP contribution in [0.5, 0.6) is 0 Å². The topological polar surface area (TPSA) is 39.7 Å². The Morgan fingerprint density at radius 1 is 1.03 bits per heavy atom. The van der Waals surface area contributed by atoms with Gasteiger partial charge in [0.05, 0.1) is 11.0 Å². The smallest absolute Gasteiger partial charge is 0.342 e. The van der Waals surface area contributed by atoms with Crippen LogP contribution in [0.15, 0.2) is 48.8 Å². The van der Waals surface area contributed by atoms with Crippen molar-refractivity contribution in [3.05, 3.63) is 65.5 Å². The molecule has 0 N–H and O–H groups in total. The standard InChI is InChI=1S/C29H37F3N4O/c1-21-20-35(17-18-36(21)22(2)23-6-8-24(9-7-23)29(30,31)32)27(3)12-15-34(16-13-27)26(37)28(10-11-28)25-5-4-14-33-19-25/h4-9,14,19,21-22H,10-13,15-18,20H2,1-3H3. The zero-order valence-corrected chi connectivity index (χ0v) is 22.0. The Balaban J connectivity index is 1.18. The third-order valence-electron chi connectivity index (χ3n) is 9.16. The summed E-state index contributed by atoms with van der Waals surface area (Å²) in [6.45, 7) is 10.8. The second-order valence-electron chi connectivity index (χ2n) is 11.4. The van der Waals surface area contributed by atoms with Crippen molar-refractivity contribution in [2.75, 3.05) is 32.7 Å². The van der Waals surface area contributed by atoms with Crippen molar-refractivity contribution < 1.29 is 18.0 Å². The van der Waals surface area contributed by atoms with Crippen LogP contribution in [0.25, 0.3) is 0 Å². The minimum Gasteiger partial charge on any atom is -0.342 e. The van der Waals surface area contributed by atoms with Gasteiger partial charge in [-0.2, -0.15) is 13.2 Å². The summed E-state index contributed by atoms with van der Waals surface area (Å²) in [5, 5.41) is 0. The molecular formula is C29H37F3N4O. The highest BCUT2D eigenvalue weighted by molar-refractivity contribution is 5.91. The highest BCUT2D eigenvalue weighted by Crippen LogP contribution is 2.50. The second-order valence-corrected chi connectivity index (χ2v) is 11.4. The molecule has 2 atom stereocenters. The number of pyridine rings is 1. The van der Waals surface area contributed by atoms with Gasteiger partial charge < -0.3 is 4.90 Å². The number of carbonyl (C=O) groups excluding carboxylic acids is 1. The number of likely N-dealkylation sites (tertiary alicyclic amines) is 1. The lowest BCUT2D eigenvalue weighted by atomic mass is 9.85. The van der Waals surface area contributed by atoms with Crippen molar-refractivity contribution in [1.82, 2.24) is 19.7 Å². The Morgan fingerprint density at radius 3 is 2.24 bits per heavy atom. The molecule has 1 amide bonds. The van der Waals surface area contributed by atoms with Crippen molar-refractivity contribution >= 4 is 5.91 Å². The first-order chi connectivity index (χ1) is 17.5. The fourth-order valence-corrected chi connectivity index (χ4v) is 6.39. The molecule has 3 aliphatic rings. The number of piperidine rings is 1. The van der Waals surface area contributed by atoms with Crippen LogP contribution in [0.4, 0.5) is 13.2 Å². The average Bonchev–Trinajstić information content (AvgIpc) is 3.71. The van der Waals surface area contributed by atoms with E-state index in [4.69, 9.17) is 0 Å². The predicted octanol–water partition coefficient (Wildman–Crippen LogP) is 5.28. The quantitative estimate of drug-likeness (QED) is 0.544. The Morgan fingerprint density at radius 2 is 1.70 bits per heavy atom. The minimum atomic E-state index is -4.31. The van der Waals surface area contributed by atoms with E-state index in [1.165, 1.54) is 12.1 Å². The number of aromatic nitrogens is 1. The van der Waals surface area contributed by atoms with Gasteiger partial charge in [-0.25, -0.2) is 0 Å². The molecule has 2 aliphatic heterocycles. The van der Waals surface area contributed by atoms with Crippen LogP contribution < -0.4 is 0 Å². The summed E-state index contributed by atoms with van der Waals surface area (Å²) in [6, 6.07) is 9.86. The molecule has 2 saturated heterocycles. The predicted molar refractivity (Wildman–Crippen MR) is 137 cm³/mol. The molecule has 2 aromatic rings. The van der Waals surface area contributed by atoms with Crippen molar-refractivity contribution in [3.63, 3.8) is 0 Å². The fourth-order valence-electron chi connectivity index (χ4n) is 6.39. The Labute approximate surface area is 217 Å². The molecule has 1 saturated carbocycles. The molecule has 1 aromatic carbocycles. The van der Waals surface area contributed by atoms with Crippen LogP contribution in [0, 0.1) is 0 Å². The normalized spacial score (nSPS) is 25.0. The molecule has 0 bridgehead atoms. The first kappa shape index (κ1) is 26.2. The Kier molecular flexibility index (Phi) is 6.86. The van der Waals surface area contributed by atoms with Crippen LogP contribution in [0.3, 0.4) is 0 Å². The molecule has 1 aromatic heterocycles. The third-order valence-corrected chi connectivity index (χ3v) is 9.16. The number of benzene rings is 1. The van der Waals surface area contributed by atoms with Gasteiger partial charge in [-0.05, 0) is 75.8 Å². The molecule has 3 fully saturated rings. The summed E-state index contributed by atoms with van der Waals surface area (Å²) in [5.41, 5.74) is 1.03. The van der Waals surface area contributed by atoms with E-state index < -0.39 is 11.7 Å². The molecule has 8 heteroatoms. The summed E-state index contributed by atoms with van der Waals surface area (Å²) in [6.07, 6.45) is 2.98. The number of carbonyl (C=O) groups is 1. The summed E-state index contributed by atoms with van der Waals surface area (Å²) >= 11 is 0. The number of hydrogen-bond donors (Lipinski definition) is 0. The van der Waals surface area contributed by atoms with Crippen molar-refractivity contribution in [2.45, 2.75) is 75.7 Å². The van der Waals surface area contributed by atoms with E-state index >= 15 is 0 Å². The molecule has 200 valence electrons. The first-order valence-corrected chi connectivity index (χ1v) is 13.4. The van der Waals surface area contributed by atoms with Crippen molar-refractivity contribution in [2.24, 2.45) is 0 Å². The first-order valence-electron chi connectivity index (χ1n) is 13.4. The van der Waals surface area contributed by atoms with E-state index in [-0.39, 0.29) is 28.9 Å². The number of nitrogens with zero attached hydrogens (tertiary/aromatic N) is 4. The van der Waals surface area contributed by atoms with Gasteiger partial charge in [0, 0.05) is 62.7 Å². The number of alkyl halides is 3. The highest BCUT2D eigenvalue weighted by atomic mass is 19.4. The maximum absolute atomic E-state index is 13.5. The van der Waals surface area contributed by atoms with E-state index in [1.807, 2.05) is 18.3 Å². The number of hydrogen-bond acceptors (Lipinski definition) is 4. The maximum Gasteiger partial charge on any atom is 0.416 e. The lowest BCUT2D eigenvalue weighted by Crippen LogP contribution is -2.62. The molecule has 1 aliphatic carbocycles. The van der Waals surface area contributed by atoms with Crippen molar-refractivity contribution in [1.29, 1.82) is 0 Å². The van der Waals surface area contributed by atoms with Gasteiger partial charge in [0.1, 0.15) is 0 Å². The summed E-state index contributed by atoms with van der Waals surface area (Å²) in [4.78, 5) is 24.7. The van der Waals surface area contributed by atoms with E-state index in [0.717, 1.165) is 69.5 Å². The second kappa shape index (κ2) is 9.70. The number of rotatable bonds is 5. The van der Waals surface area contributed by atoms with Gasteiger partial charge in [0.2, 0.25) is 5.91 Å². The average molecular weight is 515 g/mol. The van der Waals surface area contributed by atoms with Gasteiger partial charge in [-0.1, -0.05) is 18.2 Å². The molecule has 5 rings (SSSR count). The van der Waals surface area contributed by atoms with Gasteiger partial charge in [-0.15, -0.1) is 0 Å². The van der Waals surface area contributed by atoms with Crippen LogP contribution in [-0.2, 0) is 16.4 Å². The van der Waals surface area contributed by atoms with E-state index in [1.54, 1.807) is 18.3 Å². The van der Waals surface area contributed by atoms with Gasteiger partial charge in [0.25, 0.3) is 0 Å². The van der Waals surface area contributed by atoms with E-state index in [0.29, 0.717) is 0 Å². The molecule has 5 nitrogen and oxygen atoms in total. The molecule has 37 heavy (non-hydrogen) atoms. The zero-order valence-electron chi connectivity index (χ0n) is 22.0. The summed E-state index contributed by atoms with van der Waals surface area (Å²) in [7, 11) is 0. The molecule has 0 radical (unpaired) electrons. The van der Waals surface area contributed by atoms with Crippen LogP contribution in [-0.4, -0.2) is 69.9 Å². The Bertz CT molecular complexity index is 1090. The molecular weight excluding hydrogens is 477 g/mol. The van der Waals surface area contributed by atoms with Gasteiger partial charge in [-0.3, -0.25) is 19.6 Å². The fraction of sp³-hybridized carbons (Fsp3) is 0.586. The lowest BCUT2D eigenvalue weighted by molar-refractivity contribution is -0.138. The number of amides is 1. The monoisotopic (exact) mass is 514 g/mol. The summed E-state index contributed by atoms with van der Waals surface area (Å²) in [5.74, 6) is 0.256. The molecule has 2 unspecified atom stereocenters. The third kappa shape index (κ3) is 5.02. The Hall–Kier alpha value is -2.45. The lowest BCUT2D eigenvalue weighted by Gasteiger charge is -2.52. The SMILES string of the molecule is CC1CN(C2(C)CCN(C(=O)C3(c4cccnc4)CC3)CC2)CCN1C(C)c1ccc(C(F)(F)F)cc1. The largest absolute Gasteiger partial charge is 0.416 e. The van der Waals surface area contributed by atoms with Crippen LogP contribution in [0.1, 0.15) is 69.2 Å². The minimum absolute atomic E-state index is 0.0414. The van der Waals surface area contributed by atoms with Crippen LogP contribution >= 0.6 is 0 Å². The van der Waals surface area contributed by atoms with E-state index in [9.17, 15) is 18.0 Å². The molecule has 0 spiro atoms. The van der Waals surface area contributed by atoms with Crippen molar-refractivity contribution in [3.8, 4) is 0 Å². The highest BCUT2D eigenvalue weighted by Gasteiger charge is 2.54. The zero-order chi connectivity index (χ0) is 26.4.